The van der Waals surface area contributed by atoms with Gasteiger partial charge >= 0.3 is 0 Å². The number of imidazole rings is 1. The Hall–Kier alpha value is -2.68. The zero-order valence-corrected chi connectivity index (χ0v) is 20.1. The molecule has 3 aromatic rings. The number of hydrogen-bond acceptors (Lipinski definition) is 4. The SMILES string of the molecule is O=C(COc1ccc(Cl)c(F)c1)NC12CCC(c3ncc(-c4ccc(Cl)c(F)c4)[nH]3)(CC1)[C@H](O)C2. The van der Waals surface area contributed by atoms with E-state index in [9.17, 15) is 18.7 Å². The number of carbonyl (C=O) groups is 1. The summed E-state index contributed by atoms with van der Waals surface area (Å²) in [5, 5.41) is 14.2. The van der Waals surface area contributed by atoms with Gasteiger partial charge in [0.1, 0.15) is 23.2 Å². The number of aromatic amines is 1. The Kier molecular flexibility index (Phi) is 6.23. The standard InChI is InChI=1S/C25H23Cl2F2N3O3/c26-16-3-1-14(9-18(16)28)20-12-30-23(31-20)25-7-5-24(6-8-25,11-21(25)33)32-22(34)13-35-15-2-4-17(27)19(29)10-15/h1-4,9-10,12,21,33H,5-8,11,13H2,(H,30,31)(H,32,34)/t21-,24?,25?/m1/s1. The maximum absolute atomic E-state index is 13.9. The van der Waals surface area contributed by atoms with Crippen molar-refractivity contribution >= 4 is 29.1 Å². The fraction of sp³-hybridized carbons (Fsp3) is 0.360. The van der Waals surface area contributed by atoms with Gasteiger partial charge in [-0.2, -0.15) is 0 Å². The van der Waals surface area contributed by atoms with Crippen molar-refractivity contribution in [2.75, 3.05) is 6.61 Å². The van der Waals surface area contributed by atoms with Crippen LogP contribution in [0.3, 0.4) is 0 Å². The van der Waals surface area contributed by atoms with Crippen molar-refractivity contribution in [2.24, 2.45) is 0 Å². The quantitative estimate of drug-likeness (QED) is 0.417. The first-order valence-corrected chi connectivity index (χ1v) is 12.0. The molecule has 2 bridgehead atoms. The Morgan fingerprint density at radius 3 is 2.46 bits per heavy atom. The van der Waals surface area contributed by atoms with Crippen LogP contribution in [0.5, 0.6) is 5.75 Å². The number of fused-ring (bicyclic) bond motifs is 3. The molecule has 6 nitrogen and oxygen atoms in total. The predicted octanol–water partition coefficient (Wildman–Crippen LogP) is 5.17. The molecule has 1 atom stereocenters. The maximum atomic E-state index is 13.9. The van der Waals surface area contributed by atoms with E-state index < -0.39 is 28.7 Å². The third-order valence-electron chi connectivity index (χ3n) is 7.26. The molecule has 3 saturated carbocycles. The highest BCUT2D eigenvalue weighted by atomic mass is 35.5. The van der Waals surface area contributed by atoms with Crippen LogP contribution in [0.1, 0.15) is 37.9 Å². The van der Waals surface area contributed by atoms with E-state index in [1.165, 1.54) is 24.3 Å². The number of aliphatic hydroxyl groups excluding tert-OH is 1. The van der Waals surface area contributed by atoms with Gasteiger partial charge in [-0.25, -0.2) is 13.8 Å². The topological polar surface area (TPSA) is 87.2 Å². The van der Waals surface area contributed by atoms with E-state index in [4.69, 9.17) is 27.9 Å². The van der Waals surface area contributed by atoms with Crippen LogP contribution in [0.4, 0.5) is 8.78 Å². The number of benzene rings is 2. The fourth-order valence-electron chi connectivity index (χ4n) is 5.28. The van der Waals surface area contributed by atoms with Crippen LogP contribution in [0.25, 0.3) is 11.3 Å². The Balaban J connectivity index is 1.24. The lowest BCUT2D eigenvalue weighted by atomic mass is 9.55. The zero-order valence-electron chi connectivity index (χ0n) is 18.6. The van der Waals surface area contributed by atoms with Crippen molar-refractivity contribution in [2.45, 2.75) is 49.2 Å². The van der Waals surface area contributed by atoms with Gasteiger partial charge in [-0.05, 0) is 56.4 Å². The molecule has 3 fully saturated rings. The highest BCUT2D eigenvalue weighted by Crippen LogP contribution is 2.53. The highest BCUT2D eigenvalue weighted by molar-refractivity contribution is 6.31. The van der Waals surface area contributed by atoms with Gasteiger partial charge in [0, 0.05) is 17.2 Å². The summed E-state index contributed by atoms with van der Waals surface area (Å²) in [6, 6.07) is 8.53. The number of rotatable bonds is 6. The molecule has 35 heavy (non-hydrogen) atoms. The lowest BCUT2D eigenvalue weighted by Crippen LogP contribution is -2.64. The molecular formula is C25H23Cl2F2N3O3. The molecule has 0 unspecified atom stereocenters. The van der Waals surface area contributed by atoms with Crippen molar-refractivity contribution in [3.63, 3.8) is 0 Å². The summed E-state index contributed by atoms with van der Waals surface area (Å²) in [7, 11) is 0. The maximum Gasteiger partial charge on any atom is 0.258 e. The minimum Gasteiger partial charge on any atom is -0.484 e. The number of hydrogen-bond donors (Lipinski definition) is 3. The lowest BCUT2D eigenvalue weighted by molar-refractivity contribution is -0.129. The van der Waals surface area contributed by atoms with Crippen LogP contribution in [0, 0.1) is 11.6 Å². The lowest BCUT2D eigenvalue weighted by Gasteiger charge is -2.55. The smallest absolute Gasteiger partial charge is 0.258 e. The minimum atomic E-state index is -0.725. The van der Waals surface area contributed by atoms with Gasteiger partial charge in [-0.3, -0.25) is 4.79 Å². The summed E-state index contributed by atoms with van der Waals surface area (Å²) in [6.45, 7) is -0.275. The van der Waals surface area contributed by atoms with Crippen LogP contribution >= 0.6 is 23.2 Å². The second-order valence-electron chi connectivity index (χ2n) is 9.34. The second kappa shape index (κ2) is 9.08. The summed E-state index contributed by atoms with van der Waals surface area (Å²) in [5.41, 5.74) is 0.156. The number of nitrogens with one attached hydrogen (secondary N) is 2. The summed E-state index contributed by atoms with van der Waals surface area (Å²) in [4.78, 5) is 20.4. The van der Waals surface area contributed by atoms with Crippen molar-refractivity contribution in [1.29, 1.82) is 0 Å². The molecule has 0 saturated heterocycles. The molecular weight excluding hydrogens is 499 g/mol. The summed E-state index contributed by atoms with van der Waals surface area (Å²) in [6.07, 6.45) is 3.86. The van der Waals surface area contributed by atoms with Gasteiger partial charge < -0.3 is 20.1 Å². The number of H-pyrrole nitrogens is 1. The first-order chi connectivity index (χ1) is 16.7. The van der Waals surface area contributed by atoms with E-state index in [0.717, 1.165) is 6.07 Å². The van der Waals surface area contributed by atoms with E-state index >= 15 is 0 Å². The number of carbonyl (C=O) groups excluding carboxylic acids is 1. The second-order valence-corrected chi connectivity index (χ2v) is 10.2. The van der Waals surface area contributed by atoms with Gasteiger partial charge in [0.05, 0.1) is 33.5 Å². The number of aliphatic hydroxyl groups is 1. The van der Waals surface area contributed by atoms with Crippen LogP contribution in [0.2, 0.25) is 10.0 Å². The molecule has 0 aliphatic heterocycles. The number of amides is 1. The first kappa shape index (κ1) is 24.0. The molecule has 1 amide bonds. The number of aromatic nitrogens is 2. The van der Waals surface area contributed by atoms with Gasteiger partial charge in [0.25, 0.3) is 5.91 Å². The Morgan fingerprint density at radius 1 is 1.11 bits per heavy atom. The Morgan fingerprint density at radius 2 is 1.80 bits per heavy atom. The average Bonchev–Trinajstić information content (AvgIpc) is 3.33. The van der Waals surface area contributed by atoms with E-state index in [2.05, 4.69) is 15.3 Å². The highest BCUT2D eigenvalue weighted by Gasteiger charge is 2.56. The van der Waals surface area contributed by atoms with E-state index in [1.54, 1.807) is 12.3 Å². The van der Waals surface area contributed by atoms with Crippen molar-refractivity contribution in [3.8, 4) is 17.0 Å². The van der Waals surface area contributed by atoms with Gasteiger partial charge in [-0.15, -0.1) is 0 Å². The molecule has 3 N–H and O–H groups in total. The summed E-state index contributed by atoms with van der Waals surface area (Å²) < 4.78 is 32.9. The largest absolute Gasteiger partial charge is 0.484 e. The van der Waals surface area contributed by atoms with Crippen LogP contribution in [-0.4, -0.2) is 39.2 Å². The molecule has 3 aliphatic rings. The van der Waals surface area contributed by atoms with E-state index in [-0.39, 0.29) is 28.3 Å². The predicted molar refractivity (Wildman–Crippen MR) is 128 cm³/mol. The minimum absolute atomic E-state index is 0.0217. The van der Waals surface area contributed by atoms with Crippen LogP contribution < -0.4 is 10.1 Å². The molecule has 0 spiro atoms. The number of halogens is 4. The van der Waals surface area contributed by atoms with Crippen molar-refractivity contribution < 1.29 is 23.4 Å². The third-order valence-corrected chi connectivity index (χ3v) is 7.88. The summed E-state index contributed by atoms with van der Waals surface area (Å²) in [5.74, 6) is -0.612. The average molecular weight is 522 g/mol. The Labute approximate surface area is 210 Å². The van der Waals surface area contributed by atoms with Gasteiger partial charge in [-0.1, -0.05) is 29.3 Å². The molecule has 184 valence electrons. The molecule has 1 heterocycles. The van der Waals surface area contributed by atoms with Crippen molar-refractivity contribution in [3.05, 3.63) is 70.1 Å². The van der Waals surface area contributed by atoms with Gasteiger partial charge in [0.15, 0.2) is 6.61 Å². The third kappa shape index (κ3) is 4.50. The normalized spacial score (nSPS) is 25.5. The van der Waals surface area contributed by atoms with Crippen LogP contribution in [0.15, 0.2) is 42.6 Å². The Bertz CT molecular complexity index is 1270. The van der Waals surface area contributed by atoms with E-state index in [1.807, 2.05) is 0 Å². The molecule has 1 aromatic heterocycles. The summed E-state index contributed by atoms with van der Waals surface area (Å²) >= 11 is 11.5. The monoisotopic (exact) mass is 521 g/mol. The zero-order chi connectivity index (χ0) is 24.8. The molecule has 0 radical (unpaired) electrons. The number of nitrogens with zero attached hydrogens (tertiary/aromatic N) is 1. The first-order valence-electron chi connectivity index (χ1n) is 11.3. The van der Waals surface area contributed by atoms with Crippen molar-refractivity contribution in [1.82, 2.24) is 15.3 Å². The number of ether oxygens (including phenoxy) is 1. The molecule has 2 aromatic carbocycles. The van der Waals surface area contributed by atoms with Gasteiger partial charge in [0.2, 0.25) is 0 Å². The molecule has 10 heteroatoms. The fourth-order valence-corrected chi connectivity index (χ4v) is 5.52. The van der Waals surface area contributed by atoms with Crippen LogP contribution in [-0.2, 0) is 10.2 Å². The molecule has 6 rings (SSSR count). The molecule has 3 aliphatic carbocycles. The van der Waals surface area contributed by atoms with E-state index in [0.29, 0.717) is 49.2 Å².